The van der Waals surface area contributed by atoms with E-state index in [-0.39, 0.29) is 0 Å². The van der Waals surface area contributed by atoms with Crippen molar-refractivity contribution in [1.82, 2.24) is 0 Å². The molecule has 0 spiro atoms. The monoisotopic (exact) mass is 205 g/mol. The van der Waals surface area contributed by atoms with Gasteiger partial charge in [-0.25, -0.2) is 0 Å². The van der Waals surface area contributed by atoms with E-state index in [1.54, 1.807) is 0 Å². The molecule has 0 saturated carbocycles. The lowest BCUT2D eigenvalue weighted by atomic mass is 10.1. The van der Waals surface area contributed by atoms with Gasteiger partial charge in [0.05, 0.1) is 0 Å². The highest BCUT2D eigenvalue weighted by atomic mass is 35.5. The van der Waals surface area contributed by atoms with Gasteiger partial charge in [0.1, 0.15) is 0 Å². The number of unbranched alkanes of at least 4 members (excludes halogenated alkanes) is 2. The summed E-state index contributed by atoms with van der Waals surface area (Å²) in [5, 5.41) is 0.396. The van der Waals surface area contributed by atoms with Crippen molar-refractivity contribution in [2.24, 2.45) is 5.73 Å². The molecular formula is C11H24ClN. The van der Waals surface area contributed by atoms with Crippen molar-refractivity contribution in [1.29, 1.82) is 0 Å². The molecule has 0 fully saturated rings. The Morgan fingerprint density at radius 3 is 2.15 bits per heavy atom. The van der Waals surface area contributed by atoms with Crippen molar-refractivity contribution in [3.8, 4) is 0 Å². The van der Waals surface area contributed by atoms with Gasteiger partial charge >= 0.3 is 0 Å². The summed E-state index contributed by atoms with van der Waals surface area (Å²) in [5.74, 6) is 0. The van der Waals surface area contributed by atoms with Crippen LogP contribution in [-0.2, 0) is 0 Å². The highest BCUT2D eigenvalue weighted by Gasteiger charge is 2.03. The average Bonchev–Trinajstić information content (AvgIpc) is 2.08. The zero-order chi connectivity index (χ0) is 10.1. The fourth-order valence-corrected chi connectivity index (χ4v) is 1.71. The Morgan fingerprint density at radius 1 is 1.08 bits per heavy atom. The largest absolute Gasteiger partial charge is 0.328 e. The predicted molar refractivity (Wildman–Crippen MR) is 61.3 cm³/mol. The summed E-state index contributed by atoms with van der Waals surface area (Å²) >= 11 is 6.14. The van der Waals surface area contributed by atoms with Gasteiger partial charge in [0.15, 0.2) is 0 Å². The highest BCUT2D eigenvalue weighted by molar-refractivity contribution is 6.20. The van der Waals surface area contributed by atoms with Crippen LogP contribution in [0.15, 0.2) is 0 Å². The second kappa shape index (κ2) is 8.83. The van der Waals surface area contributed by atoms with E-state index in [4.69, 9.17) is 17.3 Å². The molecule has 0 aliphatic carbocycles. The highest BCUT2D eigenvalue weighted by Crippen LogP contribution is 2.15. The van der Waals surface area contributed by atoms with Gasteiger partial charge in [-0.05, 0) is 26.2 Å². The Balaban J connectivity index is 3.12. The molecule has 1 unspecified atom stereocenters. The maximum absolute atomic E-state index is 6.14. The number of halogens is 1. The molecule has 13 heavy (non-hydrogen) atoms. The fourth-order valence-electron chi connectivity index (χ4n) is 1.40. The van der Waals surface area contributed by atoms with Crippen LogP contribution >= 0.6 is 11.6 Å². The Morgan fingerprint density at radius 2 is 1.62 bits per heavy atom. The normalized spacial score (nSPS) is 15.7. The Kier molecular flexibility index (Phi) is 9.00. The molecule has 0 aromatic rings. The maximum Gasteiger partial charge on any atom is 0.0336 e. The van der Waals surface area contributed by atoms with Crippen LogP contribution in [0.1, 0.15) is 58.8 Å². The van der Waals surface area contributed by atoms with Gasteiger partial charge < -0.3 is 5.73 Å². The number of alkyl halides is 1. The summed E-state index contributed by atoms with van der Waals surface area (Å²) in [6, 6.07) is 0.351. The quantitative estimate of drug-likeness (QED) is 0.475. The van der Waals surface area contributed by atoms with Gasteiger partial charge in [0.25, 0.3) is 0 Å². The van der Waals surface area contributed by atoms with Crippen LogP contribution in [0.5, 0.6) is 0 Å². The molecule has 0 bridgehead atoms. The lowest BCUT2D eigenvalue weighted by Gasteiger charge is -2.09. The first-order valence-corrected chi connectivity index (χ1v) is 6.00. The zero-order valence-corrected chi connectivity index (χ0v) is 9.82. The molecule has 0 amide bonds. The third-order valence-electron chi connectivity index (χ3n) is 2.30. The Hall–Kier alpha value is 0.250. The Bertz CT molecular complexity index is 104. The zero-order valence-electron chi connectivity index (χ0n) is 9.06. The summed E-state index contributed by atoms with van der Waals surface area (Å²) in [7, 11) is 0. The molecule has 0 saturated heterocycles. The molecule has 0 aromatic heterocycles. The van der Waals surface area contributed by atoms with Crippen molar-refractivity contribution in [3.05, 3.63) is 0 Å². The third kappa shape index (κ3) is 10.2. The van der Waals surface area contributed by atoms with Crippen LogP contribution in [0, 0.1) is 0 Å². The van der Waals surface area contributed by atoms with Gasteiger partial charge in [0, 0.05) is 11.4 Å². The second-order valence-corrected chi connectivity index (χ2v) is 4.62. The summed E-state index contributed by atoms with van der Waals surface area (Å²) in [5.41, 5.74) is 5.66. The molecule has 0 heterocycles. The molecule has 0 aromatic carbocycles. The molecule has 2 N–H and O–H groups in total. The maximum atomic E-state index is 6.14. The van der Waals surface area contributed by atoms with E-state index in [0.29, 0.717) is 11.4 Å². The first-order chi connectivity index (χ1) is 6.16. The van der Waals surface area contributed by atoms with Crippen LogP contribution in [0.3, 0.4) is 0 Å². The molecule has 0 rings (SSSR count). The Labute approximate surface area is 88.0 Å². The summed E-state index contributed by atoms with van der Waals surface area (Å²) in [6.07, 6.45) is 8.46. The van der Waals surface area contributed by atoms with Gasteiger partial charge in [0.2, 0.25) is 0 Å². The molecule has 80 valence electrons. The van der Waals surface area contributed by atoms with E-state index in [0.717, 1.165) is 12.8 Å². The van der Waals surface area contributed by atoms with Crippen LogP contribution in [0.2, 0.25) is 0 Å². The molecule has 0 aliphatic rings. The van der Waals surface area contributed by atoms with E-state index in [9.17, 15) is 0 Å². The minimum atomic E-state index is 0.351. The predicted octanol–water partition coefficient (Wildman–Crippen LogP) is 3.69. The summed E-state index contributed by atoms with van der Waals surface area (Å²) < 4.78 is 0. The molecule has 0 radical (unpaired) electrons. The average molecular weight is 206 g/mol. The molecule has 0 aliphatic heterocycles. The first kappa shape index (κ1) is 13.2. The number of nitrogens with two attached hydrogens (primary N) is 1. The van der Waals surface area contributed by atoms with Crippen molar-refractivity contribution in [2.45, 2.75) is 70.2 Å². The minimum absolute atomic E-state index is 0.351. The fraction of sp³-hybridized carbons (Fsp3) is 1.00. The number of hydrogen-bond donors (Lipinski definition) is 1. The lowest BCUT2D eigenvalue weighted by Crippen LogP contribution is -2.14. The minimum Gasteiger partial charge on any atom is -0.328 e. The smallest absolute Gasteiger partial charge is 0.0336 e. The summed E-state index contributed by atoms with van der Waals surface area (Å²) in [6.45, 7) is 4.27. The second-order valence-electron chi connectivity index (χ2n) is 4.00. The standard InChI is InChI=1S/C11H24ClN/c1-3-4-8-11(12)9-6-5-7-10(2)13/h10-11H,3-9,13H2,1-2H3/t10?,11-/m1/s1. The molecular weight excluding hydrogens is 182 g/mol. The lowest BCUT2D eigenvalue weighted by molar-refractivity contribution is 0.551. The van der Waals surface area contributed by atoms with Gasteiger partial charge in [-0.1, -0.05) is 32.6 Å². The van der Waals surface area contributed by atoms with E-state index in [2.05, 4.69) is 13.8 Å². The number of rotatable bonds is 8. The van der Waals surface area contributed by atoms with Crippen LogP contribution in [0.25, 0.3) is 0 Å². The van der Waals surface area contributed by atoms with E-state index in [1.807, 2.05) is 0 Å². The topological polar surface area (TPSA) is 26.0 Å². The molecule has 2 atom stereocenters. The van der Waals surface area contributed by atoms with E-state index < -0.39 is 0 Å². The molecule has 1 nitrogen and oxygen atoms in total. The first-order valence-electron chi connectivity index (χ1n) is 5.56. The van der Waals surface area contributed by atoms with Crippen molar-refractivity contribution >= 4 is 11.6 Å². The van der Waals surface area contributed by atoms with Crippen molar-refractivity contribution < 1.29 is 0 Å². The van der Waals surface area contributed by atoms with E-state index >= 15 is 0 Å². The van der Waals surface area contributed by atoms with Gasteiger partial charge in [-0.2, -0.15) is 0 Å². The SMILES string of the molecule is CCCC[C@@H](Cl)CCCCC(C)N. The van der Waals surface area contributed by atoms with Crippen molar-refractivity contribution in [2.75, 3.05) is 0 Å². The van der Waals surface area contributed by atoms with Gasteiger partial charge in [-0.3, -0.25) is 0 Å². The van der Waals surface area contributed by atoms with Crippen molar-refractivity contribution in [3.63, 3.8) is 0 Å². The van der Waals surface area contributed by atoms with Gasteiger partial charge in [-0.15, -0.1) is 11.6 Å². The van der Waals surface area contributed by atoms with Crippen LogP contribution in [-0.4, -0.2) is 11.4 Å². The third-order valence-corrected chi connectivity index (χ3v) is 2.73. The summed E-state index contributed by atoms with van der Waals surface area (Å²) in [4.78, 5) is 0. The number of hydrogen-bond acceptors (Lipinski definition) is 1. The molecule has 2 heteroatoms. The van der Waals surface area contributed by atoms with E-state index in [1.165, 1.54) is 32.1 Å². The van der Waals surface area contributed by atoms with Crippen LogP contribution < -0.4 is 5.73 Å². The van der Waals surface area contributed by atoms with Crippen LogP contribution in [0.4, 0.5) is 0 Å².